The van der Waals surface area contributed by atoms with Crippen molar-refractivity contribution < 1.29 is 18.6 Å². The summed E-state index contributed by atoms with van der Waals surface area (Å²) in [4.78, 5) is 0.436. The van der Waals surface area contributed by atoms with Crippen LogP contribution >= 0.6 is 0 Å². The first-order chi connectivity index (χ1) is 17.0. The van der Waals surface area contributed by atoms with Crippen LogP contribution in [0.4, 0.5) is 0 Å². The summed E-state index contributed by atoms with van der Waals surface area (Å²) in [6.45, 7) is 10.8. The lowest BCUT2D eigenvalue weighted by atomic mass is 9.61. The summed E-state index contributed by atoms with van der Waals surface area (Å²) in [5, 5.41) is 20.3. The molecule has 0 aromatic heterocycles. The first kappa shape index (κ1) is 27.3. The van der Waals surface area contributed by atoms with Crippen LogP contribution in [-0.2, 0) is 9.84 Å². The quantitative estimate of drug-likeness (QED) is 0.448. The van der Waals surface area contributed by atoms with E-state index in [2.05, 4.69) is 32.6 Å². The highest BCUT2D eigenvalue weighted by Crippen LogP contribution is 2.59. The Balaban J connectivity index is 1.40. The van der Waals surface area contributed by atoms with Crippen LogP contribution in [0.3, 0.4) is 0 Å². The van der Waals surface area contributed by atoms with Crippen molar-refractivity contribution >= 4 is 9.84 Å². The Morgan fingerprint density at radius 3 is 2.61 bits per heavy atom. The Morgan fingerprint density at radius 2 is 1.89 bits per heavy atom. The van der Waals surface area contributed by atoms with Gasteiger partial charge in [0.1, 0.15) is 0 Å². The monoisotopic (exact) mass is 512 g/mol. The zero-order chi connectivity index (χ0) is 26.1. The van der Waals surface area contributed by atoms with E-state index in [9.17, 15) is 18.6 Å². The molecule has 1 aromatic rings. The molecule has 0 heterocycles. The molecule has 0 spiro atoms. The van der Waals surface area contributed by atoms with Crippen LogP contribution in [0.5, 0.6) is 0 Å². The van der Waals surface area contributed by atoms with Gasteiger partial charge in [-0.15, -0.1) is 0 Å². The minimum absolute atomic E-state index is 0.216. The minimum Gasteiger partial charge on any atom is -0.393 e. The van der Waals surface area contributed by atoms with Crippen molar-refractivity contribution in [1.82, 2.24) is 0 Å². The van der Waals surface area contributed by atoms with Gasteiger partial charge in [-0.05, 0) is 105 Å². The van der Waals surface area contributed by atoms with E-state index in [1.165, 1.54) is 31.3 Å². The van der Waals surface area contributed by atoms with Crippen molar-refractivity contribution in [3.8, 4) is 0 Å². The van der Waals surface area contributed by atoms with Crippen LogP contribution in [0, 0.1) is 30.1 Å². The number of hydrogen-bond acceptors (Lipinski definition) is 4. The standard InChI is InChI=1S/C31H44O4S/c1-21-9-13-27(14-10-21)36(34,35)18-6-7-22(2)28-15-16-29-24(8-5-17-31(28,29)4)11-12-25-19-26(32)20-30(33)23(25)3/h9-14,22,26,28-30,32-33H,3,5-8,15-20H2,1-2,4H3/b24-11+,25-12-/t22-,26?,28-,29+,30?,31-/m1/s1. The largest absolute Gasteiger partial charge is 0.393 e. The molecule has 0 radical (unpaired) electrons. The second-order valence-electron chi connectivity index (χ2n) is 11.9. The van der Waals surface area contributed by atoms with Gasteiger partial charge in [-0.2, -0.15) is 0 Å². The summed E-state index contributed by atoms with van der Waals surface area (Å²) in [6.07, 6.45) is 11.7. The highest BCUT2D eigenvalue weighted by Gasteiger charge is 2.50. The van der Waals surface area contributed by atoms with Crippen molar-refractivity contribution in [2.75, 3.05) is 5.75 Å². The van der Waals surface area contributed by atoms with E-state index in [1.54, 1.807) is 12.1 Å². The van der Waals surface area contributed by atoms with Crippen LogP contribution in [0.2, 0.25) is 0 Å². The number of fused-ring (bicyclic) bond motifs is 1. The molecule has 3 aliphatic rings. The highest BCUT2D eigenvalue weighted by molar-refractivity contribution is 7.91. The Kier molecular flexibility index (Phi) is 8.33. The first-order valence-corrected chi connectivity index (χ1v) is 15.4. The third kappa shape index (κ3) is 5.74. The van der Waals surface area contributed by atoms with E-state index < -0.39 is 22.0 Å². The number of sulfone groups is 1. The topological polar surface area (TPSA) is 74.6 Å². The molecule has 4 rings (SSSR count). The molecule has 0 aliphatic heterocycles. The van der Waals surface area contributed by atoms with Gasteiger partial charge in [0.25, 0.3) is 0 Å². The normalized spacial score (nSPS) is 34.2. The summed E-state index contributed by atoms with van der Waals surface area (Å²) < 4.78 is 25.6. The van der Waals surface area contributed by atoms with Crippen molar-refractivity contribution in [2.24, 2.45) is 23.2 Å². The maximum Gasteiger partial charge on any atom is 0.178 e. The smallest absolute Gasteiger partial charge is 0.178 e. The number of aliphatic hydroxyl groups is 2. The third-order valence-corrected chi connectivity index (χ3v) is 11.3. The molecule has 1 aromatic carbocycles. The number of benzene rings is 1. The molecular formula is C31H44O4S. The molecule has 198 valence electrons. The van der Waals surface area contributed by atoms with E-state index in [0.29, 0.717) is 41.9 Å². The van der Waals surface area contributed by atoms with Gasteiger partial charge >= 0.3 is 0 Å². The molecule has 0 bridgehead atoms. The molecule has 6 atom stereocenters. The molecule has 4 nitrogen and oxygen atoms in total. The molecule has 3 fully saturated rings. The second kappa shape index (κ2) is 11.0. The summed E-state index contributed by atoms with van der Waals surface area (Å²) in [6, 6.07) is 7.19. The van der Waals surface area contributed by atoms with Crippen LogP contribution in [0.1, 0.15) is 77.2 Å². The predicted molar refractivity (Wildman–Crippen MR) is 146 cm³/mol. The number of rotatable bonds is 7. The predicted octanol–water partition coefficient (Wildman–Crippen LogP) is 6.33. The lowest BCUT2D eigenvalue weighted by Crippen LogP contribution is -2.36. The molecule has 5 heteroatoms. The van der Waals surface area contributed by atoms with Crippen LogP contribution < -0.4 is 0 Å². The maximum atomic E-state index is 12.8. The van der Waals surface area contributed by atoms with Gasteiger partial charge in [-0.25, -0.2) is 8.42 Å². The Hall–Kier alpha value is -1.69. The van der Waals surface area contributed by atoms with Crippen LogP contribution in [0.15, 0.2) is 64.6 Å². The number of aliphatic hydroxyl groups excluding tert-OH is 2. The van der Waals surface area contributed by atoms with E-state index in [1.807, 2.05) is 19.1 Å². The fourth-order valence-electron chi connectivity index (χ4n) is 7.34. The lowest BCUT2D eigenvalue weighted by Gasteiger charge is -2.44. The molecule has 0 saturated heterocycles. The Bertz CT molecular complexity index is 1110. The summed E-state index contributed by atoms with van der Waals surface area (Å²) in [5.41, 5.74) is 4.53. The highest BCUT2D eigenvalue weighted by atomic mass is 32.2. The number of aryl methyl sites for hydroxylation is 1. The molecule has 36 heavy (non-hydrogen) atoms. The summed E-state index contributed by atoms with van der Waals surface area (Å²) in [7, 11) is -3.23. The molecule has 2 N–H and O–H groups in total. The fourth-order valence-corrected chi connectivity index (χ4v) is 8.67. The number of allylic oxidation sites excluding steroid dienone is 3. The van der Waals surface area contributed by atoms with Gasteiger partial charge in [0.15, 0.2) is 9.84 Å². The van der Waals surface area contributed by atoms with Gasteiger partial charge in [0, 0.05) is 6.42 Å². The van der Waals surface area contributed by atoms with Crippen molar-refractivity contribution in [3.63, 3.8) is 0 Å². The maximum absolute atomic E-state index is 12.8. The van der Waals surface area contributed by atoms with Gasteiger partial charge in [-0.3, -0.25) is 0 Å². The van der Waals surface area contributed by atoms with Crippen molar-refractivity contribution in [2.45, 2.75) is 95.7 Å². The second-order valence-corrected chi connectivity index (χ2v) is 14.0. The Labute approximate surface area is 218 Å². The summed E-state index contributed by atoms with van der Waals surface area (Å²) >= 11 is 0. The lowest BCUT2D eigenvalue weighted by molar-refractivity contribution is 0.0861. The SMILES string of the molecule is C=C1/C(=C\C=C2/CCC[C@]3(C)[C@@H]([C@H](C)CCCS(=O)(=O)c4ccc(C)cc4)CC[C@@H]23)CC(O)CC1O. The first-order valence-electron chi connectivity index (χ1n) is 13.8. The van der Waals surface area contributed by atoms with Crippen LogP contribution in [-0.4, -0.2) is 36.6 Å². The number of hydrogen-bond donors (Lipinski definition) is 2. The summed E-state index contributed by atoms with van der Waals surface area (Å²) in [5.74, 6) is 1.87. The Morgan fingerprint density at radius 1 is 1.17 bits per heavy atom. The van der Waals surface area contributed by atoms with Crippen molar-refractivity contribution in [3.05, 3.63) is 65.3 Å². The zero-order valence-corrected chi connectivity index (χ0v) is 23.1. The average molecular weight is 513 g/mol. The fraction of sp³-hybridized carbons (Fsp3) is 0.613. The van der Waals surface area contributed by atoms with Gasteiger partial charge in [0.05, 0.1) is 22.9 Å². The molecule has 2 unspecified atom stereocenters. The zero-order valence-electron chi connectivity index (χ0n) is 22.2. The molecule has 3 aliphatic carbocycles. The van der Waals surface area contributed by atoms with Gasteiger partial charge in [0.2, 0.25) is 0 Å². The molecular weight excluding hydrogens is 468 g/mol. The minimum atomic E-state index is -3.23. The van der Waals surface area contributed by atoms with Crippen LogP contribution in [0.25, 0.3) is 0 Å². The molecule has 0 amide bonds. The van der Waals surface area contributed by atoms with Gasteiger partial charge in [-0.1, -0.05) is 55.8 Å². The van der Waals surface area contributed by atoms with E-state index >= 15 is 0 Å². The average Bonchev–Trinajstić information content (AvgIpc) is 3.18. The van der Waals surface area contributed by atoms with Gasteiger partial charge < -0.3 is 10.2 Å². The van der Waals surface area contributed by atoms with Crippen molar-refractivity contribution in [1.29, 1.82) is 0 Å². The molecule has 3 saturated carbocycles. The van der Waals surface area contributed by atoms with E-state index in [0.717, 1.165) is 29.6 Å². The third-order valence-electron chi connectivity index (χ3n) is 9.44. The van der Waals surface area contributed by atoms with E-state index in [4.69, 9.17) is 0 Å². The van der Waals surface area contributed by atoms with E-state index in [-0.39, 0.29) is 11.2 Å².